The first-order valence-electron chi connectivity index (χ1n) is 7.40. The van der Waals surface area contributed by atoms with Crippen molar-refractivity contribution >= 4 is 11.6 Å². The van der Waals surface area contributed by atoms with E-state index in [9.17, 15) is 5.11 Å². The molecule has 0 spiro atoms. The van der Waals surface area contributed by atoms with Gasteiger partial charge in [0.05, 0.1) is 6.10 Å². The summed E-state index contributed by atoms with van der Waals surface area (Å²) in [7, 11) is 4.13. The molecule has 1 aromatic rings. The molecule has 2 heterocycles. The predicted molar refractivity (Wildman–Crippen MR) is 83.3 cm³/mol. The molecule has 2 atom stereocenters. The number of rotatable bonds is 6. The van der Waals surface area contributed by atoms with Gasteiger partial charge in [0.2, 0.25) is 0 Å². The number of nitrogens with zero attached hydrogens (tertiary/aromatic N) is 3. The van der Waals surface area contributed by atoms with Gasteiger partial charge < -0.3 is 20.2 Å². The van der Waals surface area contributed by atoms with E-state index in [1.807, 2.05) is 18.2 Å². The van der Waals surface area contributed by atoms with Gasteiger partial charge >= 0.3 is 0 Å². The van der Waals surface area contributed by atoms with Gasteiger partial charge in [-0.15, -0.1) is 0 Å². The Morgan fingerprint density at radius 1 is 1.45 bits per heavy atom. The fourth-order valence-corrected chi connectivity index (χ4v) is 2.70. The first-order chi connectivity index (χ1) is 9.60. The number of likely N-dealkylation sites (N-methyl/N-ethyl adjacent to an activating group) is 1. The van der Waals surface area contributed by atoms with Crippen LogP contribution in [0.5, 0.6) is 0 Å². The first-order valence-corrected chi connectivity index (χ1v) is 7.40. The van der Waals surface area contributed by atoms with E-state index in [2.05, 4.69) is 41.1 Å². The fourth-order valence-electron chi connectivity index (χ4n) is 2.70. The van der Waals surface area contributed by atoms with Crippen molar-refractivity contribution in [2.45, 2.75) is 31.9 Å². The Kier molecular flexibility index (Phi) is 5.20. The third kappa shape index (κ3) is 3.84. The van der Waals surface area contributed by atoms with Crippen molar-refractivity contribution in [2.75, 3.05) is 43.9 Å². The van der Waals surface area contributed by atoms with Crippen molar-refractivity contribution in [1.82, 2.24) is 9.88 Å². The van der Waals surface area contributed by atoms with Crippen LogP contribution < -0.4 is 10.2 Å². The molecule has 1 aromatic heterocycles. The average molecular weight is 278 g/mol. The summed E-state index contributed by atoms with van der Waals surface area (Å²) in [6.45, 7) is 4.68. The van der Waals surface area contributed by atoms with Crippen molar-refractivity contribution in [1.29, 1.82) is 0 Å². The summed E-state index contributed by atoms with van der Waals surface area (Å²) in [6.07, 6.45) is 1.64. The average Bonchev–Trinajstić information content (AvgIpc) is 2.76. The lowest BCUT2D eigenvalue weighted by Crippen LogP contribution is -2.38. The van der Waals surface area contributed by atoms with Crippen LogP contribution in [-0.2, 0) is 0 Å². The molecule has 1 aliphatic rings. The van der Waals surface area contributed by atoms with Gasteiger partial charge in [-0.05, 0) is 39.1 Å². The molecule has 5 nitrogen and oxygen atoms in total. The molecule has 2 unspecified atom stereocenters. The molecule has 1 aliphatic heterocycles. The molecule has 2 N–H and O–H groups in total. The highest BCUT2D eigenvalue weighted by atomic mass is 16.3. The lowest BCUT2D eigenvalue weighted by Gasteiger charge is -2.28. The molecule has 1 fully saturated rings. The number of aliphatic hydroxyl groups is 1. The summed E-state index contributed by atoms with van der Waals surface area (Å²) < 4.78 is 0. The van der Waals surface area contributed by atoms with Crippen LogP contribution in [0.3, 0.4) is 0 Å². The minimum atomic E-state index is -0.256. The summed E-state index contributed by atoms with van der Waals surface area (Å²) in [5.74, 6) is 1.86. The molecule has 0 radical (unpaired) electrons. The second-order valence-corrected chi connectivity index (χ2v) is 5.77. The van der Waals surface area contributed by atoms with Crippen molar-refractivity contribution in [3.05, 3.63) is 18.2 Å². The van der Waals surface area contributed by atoms with Gasteiger partial charge in [0, 0.05) is 25.7 Å². The van der Waals surface area contributed by atoms with Crippen LogP contribution in [0, 0.1) is 0 Å². The minimum Gasteiger partial charge on any atom is -0.391 e. The Hall–Kier alpha value is -1.33. The normalized spacial score (nSPS) is 22.6. The third-order valence-electron chi connectivity index (χ3n) is 3.55. The number of anilines is 2. The highest BCUT2D eigenvalue weighted by molar-refractivity contribution is 5.49. The molecule has 0 aliphatic carbocycles. The van der Waals surface area contributed by atoms with E-state index >= 15 is 0 Å². The van der Waals surface area contributed by atoms with Crippen molar-refractivity contribution < 1.29 is 5.11 Å². The van der Waals surface area contributed by atoms with Crippen LogP contribution in [0.25, 0.3) is 0 Å². The van der Waals surface area contributed by atoms with Crippen molar-refractivity contribution in [3.63, 3.8) is 0 Å². The maximum Gasteiger partial charge on any atom is 0.131 e. The van der Waals surface area contributed by atoms with Gasteiger partial charge in [0.25, 0.3) is 0 Å². The number of aromatic nitrogens is 1. The Labute approximate surface area is 121 Å². The Morgan fingerprint density at radius 2 is 2.25 bits per heavy atom. The highest BCUT2D eigenvalue weighted by Gasteiger charge is 2.32. The summed E-state index contributed by atoms with van der Waals surface area (Å²) in [6, 6.07) is 6.37. The number of β-amino-alcohol motifs (C(OH)–C–C–N with tert-alkyl or cyclic N) is 1. The molecule has 2 rings (SSSR count). The summed E-state index contributed by atoms with van der Waals surface area (Å²) >= 11 is 0. The van der Waals surface area contributed by atoms with E-state index in [0.29, 0.717) is 12.6 Å². The summed E-state index contributed by atoms with van der Waals surface area (Å²) in [5, 5.41) is 13.3. The number of aliphatic hydroxyl groups excluding tert-OH is 1. The Balaban J connectivity index is 2.11. The van der Waals surface area contributed by atoms with E-state index in [1.165, 1.54) is 0 Å². The number of hydrogen-bond acceptors (Lipinski definition) is 5. The zero-order chi connectivity index (χ0) is 14.5. The SMILES string of the molecule is CCCNc1cccc(N2CC(O)CC2CN(C)C)n1. The van der Waals surface area contributed by atoms with Crippen molar-refractivity contribution in [3.8, 4) is 0 Å². The van der Waals surface area contributed by atoms with E-state index in [0.717, 1.165) is 37.6 Å². The number of pyridine rings is 1. The molecule has 112 valence electrons. The molecule has 1 saturated heterocycles. The zero-order valence-corrected chi connectivity index (χ0v) is 12.7. The van der Waals surface area contributed by atoms with Gasteiger partial charge in [0.15, 0.2) is 0 Å². The van der Waals surface area contributed by atoms with Crippen LogP contribution in [-0.4, -0.2) is 60.9 Å². The minimum absolute atomic E-state index is 0.256. The van der Waals surface area contributed by atoms with Crippen LogP contribution in [0.1, 0.15) is 19.8 Å². The van der Waals surface area contributed by atoms with E-state index in [1.54, 1.807) is 0 Å². The molecule has 0 aromatic carbocycles. The first kappa shape index (κ1) is 15.1. The van der Waals surface area contributed by atoms with Gasteiger partial charge in [-0.25, -0.2) is 4.98 Å². The largest absolute Gasteiger partial charge is 0.391 e. The van der Waals surface area contributed by atoms with Crippen LogP contribution >= 0.6 is 0 Å². The van der Waals surface area contributed by atoms with E-state index in [4.69, 9.17) is 0 Å². The van der Waals surface area contributed by atoms with Gasteiger partial charge in [-0.3, -0.25) is 0 Å². The lowest BCUT2D eigenvalue weighted by atomic mass is 10.2. The topological polar surface area (TPSA) is 51.6 Å². The van der Waals surface area contributed by atoms with Crippen molar-refractivity contribution in [2.24, 2.45) is 0 Å². The second kappa shape index (κ2) is 6.90. The van der Waals surface area contributed by atoms with E-state index < -0.39 is 0 Å². The second-order valence-electron chi connectivity index (χ2n) is 5.77. The highest BCUT2D eigenvalue weighted by Crippen LogP contribution is 2.25. The summed E-state index contributed by atoms with van der Waals surface area (Å²) in [5.41, 5.74) is 0. The molecule has 20 heavy (non-hydrogen) atoms. The van der Waals surface area contributed by atoms with E-state index in [-0.39, 0.29) is 6.10 Å². The molecule has 0 amide bonds. The van der Waals surface area contributed by atoms with Gasteiger partial charge in [-0.2, -0.15) is 0 Å². The molecular formula is C15H26N4O. The zero-order valence-electron chi connectivity index (χ0n) is 12.7. The Bertz CT molecular complexity index is 424. The number of hydrogen-bond donors (Lipinski definition) is 2. The smallest absolute Gasteiger partial charge is 0.131 e. The lowest BCUT2D eigenvalue weighted by molar-refractivity contribution is 0.191. The monoisotopic (exact) mass is 278 g/mol. The van der Waals surface area contributed by atoms with Crippen LogP contribution in [0.4, 0.5) is 11.6 Å². The maximum atomic E-state index is 9.95. The predicted octanol–water partition coefficient (Wildman–Crippen LogP) is 1.40. The third-order valence-corrected chi connectivity index (χ3v) is 3.55. The molecule has 5 heteroatoms. The quantitative estimate of drug-likeness (QED) is 0.824. The van der Waals surface area contributed by atoms with Gasteiger partial charge in [0.1, 0.15) is 11.6 Å². The standard InChI is InChI=1S/C15H26N4O/c1-4-8-16-14-6-5-7-15(17-14)19-11-13(20)9-12(19)10-18(2)3/h5-7,12-13,20H,4,8-11H2,1-3H3,(H,16,17). The van der Waals surface area contributed by atoms with Crippen LogP contribution in [0.2, 0.25) is 0 Å². The molecule has 0 bridgehead atoms. The fraction of sp³-hybridized carbons (Fsp3) is 0.667. The Morgan fingerprint density at radius 3 is 2.95 bits per heavy atom. The maximum absolute atomic E-state index is 9.95. The number of nitrogens with one attached hydrogen (secondary N) is 1. The molecular weight excluding hydrogens is 252 g/mol. The molecule has 0 saturated carbocycles. The van der Waals surface area contributed by atoms with Crippen LogP contribution in [0.15, 0.2) is 18.2 Å². The summed E-state index contributed by atoms with van der Waals surface area (Å²) in [4.78, 5) is 9.06. The van der Waals surface area contributed by atoms with Gasteiger partial charge in [-0.1, -0.05) is 13.0 Å².